The van der Waals surface area contributed by atoms with Crippen LogP contribution in [0.3, 0.4) is 0 Å². The lowest BCUT2D eigenvalue weighted by molar-refractivity contribution is -0.116. The molecule has 1 N–H and O–H groups in total. The Balaban J connectivity index is 1.82. The predicted molar refractivity (Wildman–Crippen MR) is 81.6 cm³/mol. The molecule has 0 unspecified atom stereocenters. The third kappa shape index (κ3) is 4.44. The van der Waals surface area contributed by atoms with E-state index in [1.165, 1.54) is 0 Å². The number of carbonyl (C=O) groups excluding carboxylic acids is 1. The quantitative estimate of drug-likeness (QED) is 0.889. The molecule has 0 fully saturated rings. The molecule has 0 aliphatic rings. The number of halogens is 2. The molecule has 1 amide bonds. The van der Waals surface area contributed by atoms with Gasteiger partial charge < -0.3 is 10.1 Å². The van der Waals surface area contributed by atoms with Crippen molar-refractivity contribution in [1.82, 2.24) is 0 Å². The molecule has 0 saturated heterocycles. The van der Waals surface area contributed by atoms with Gasteiger partial charge in [0.2, 0.25) is 5.91 Å². The SMILES string of the molecule is O=C(CCOc1ccccc1)Nc1cc(Cl)ccc1Cl. The van der Waals surface area contributed by atoms with Crippen LogP contribution in [0.2, 0.25) is 10.0 Å². The summed E-state index contributed by atoms with van der Waals surface area (Å²) in [6.07, 6.45) is 0.234. The van der Waals surface area contributed by atoms with Gasteiger partial charge in [0, 0.05) is 5.02 Å². The molecule has 0 aromatic heterocycles. The molecule has 0 aliphatic heterocycles. The van der Waals surface area contributed by atoms with Gasteiger partial charge in [0.25, 0.3) is 0 Å². The zero-order valence-electron chi connectivity index (χ0n) is 10.6. The number of hydrogen-bond donors (Lipinski definition) is 1. The van der Waals surface area contributed by atoms with Gasteiger partial charge in [-0.1, -0.05) is 41.4 Å². The van der Waals surface area contributed by atoms with Crippen molar-refractivity contribution in [3.63, 3.8) is 0 Å². The fraction of sp³-hybridized carbons (Fsp3) is 0.133. The van der Waals surface area contributed by atoms with Crippen LogP contribution in [-0.2, 0) is 4.79 Å². The van der Waals surface area contributed by atoms with Crippen molar-refractivity contribution in [1.29, 1.82) is 0 Å². The Kier molecular flexibility index (Phi) is 5.27. The van der Waals surface area contributed by atoms with E-state index in [0.717, 1.165) is 5.75 Å². The molecule has 0 atom stereocenters. The molecule has 0 saturated carbocycles. The normalized spacial score (nSPS) is 10.1. The van der Waals surface area contributed by atoms with Crippen molar-refractivity contribution in [3.05, 3.63) is 58.6 Å². The van der Waals surface area contributed by atoms with Crippen molar-refractivity contribution in [2.45, 2.75) is 6.42 Å². The van der Waals surface area contributed by atoms with Gasteiger partial charge in [0.1, 0.15) is 5.75 Å². The summed E-state index contributed by atoms with van der Waals surface area (Å²) < 4.78 is 5.45. The van der Waals surface area contributed by atoms with Crippen LogP contribution < -0.4 is 10.1 Å². The Bertz CT molecular complexity index is 588. The van der Waals surface area contributed by atoms with Gasteiger partial charge in [-0.05, 0) is 30.3 Å². The molecule has 2 aromatic rings. The largest absolute Gasteiger partial charge is 0.493 e. The molecule has 0 bridgehead atoms. The first-order valence-electron chi connectivity index (χ1n) is 6.08. The summed E-state index contributed by atoms with van der Waals surface area (Å²) in [5.74, 6) is 0.561. The monoisotopic (exact) mass is 309 g/mol. The number of ether oxygens (including phenoxy) is 1. The van der Waals surface area contributed by atoms with Gasteiger partial charge in [-0.15, -0.1) is 0 Å². The van der Waals surface area contributed by atoms with Crippen LogP contribution in [-0.4, -0.2) is 12.5 Å². The van der Waals surface area contributed by atoms with Crippen LogP contribution in [0, 0.1) is 0 Å². The highest BCUT2D eigenvalue weighted by molar-refractivity contribution is 6.35. The smallest absolute Gasteiger partial charge is 0.227 e. The lowest BCUT2D eigenvalue weighted by atomic mass is 10.3. The molecule has 0 aliphatic carbocycles. The minimum atomic E-state index is -0.176. The van der Waals surface area contributed by atoms with E-state index in [9.17, 15) is 4.79 Å². The number of para-hydroxylation sites is 1. The second-order valence-electron chi connectivity index (χ2n) is 4.08. The number of hydrogen-bond acceptors (Lipinski definition) is 2. The van der Waals surface area contributed by atoms with Crippen molar-refractivity contribution < 1.29 is 9.53 Å². The fourth-order valence-corrected chi connectivity index (χ4v) is 1.92. The number of benzene rings is 2. The Morgan fingerprint density at radius 1 is 1.10 bits per heavy atom. The first kappa shape index (κ1) is 14.7. The summed E-state index contributed by atoms with van der Waals surface area (Å²) in [4.78, 5) is 11.8. The molecule has 0 radical (unpaired) electrons. The Labute approximate surface area is 127 Å². The van der Waals surface area contributed by atoms with E-state index in [1.54, 1.807) is 18.2 Å². The molecule has 20 heavy (non-hydrogen) atoms. The van der Waals surface area contributed by atoms with Crippen molar-refractivity contribution in [3.8, 4) is 5.75 Å². The molecule has 2 aromatic carbocycles. The maximum Gasteiger partial charge on any atom is 0.227 e. The Morgan fingerprint density at radius 3 is 2.60 bits per heavy atom. The lowest BCUT2D eigenvalue weighted by Crippen LogP contribution is -2.15. The number of anilines is 1. The maximum atomic E-state index is 11.8. The van der Waals surface area contributed by atoms with Crippen molar-refractivity contribution in [2.24, 2.45) is 0 Å². The summed E-state index contributed by atoms with van der Waals surface area (Å²) in [7, 11) is 0. The number of rotatable bonds is 5. The van der Waals surface area contributed by atoms with E-state index in [0.29, 0.717) is 22.3 Å². The zero-order valence-corrected chi connectivity index (χ0v) is 12.1. The minimum absolute atomic E-state index is 0.176. The van der Waals surface area contributed by atoms with Gasteiger partial charge in [0.15, 0.2) is 0 Å². The summed E-state index contributed by atoms with van der Waals surface area (Å²) in [5.41, 5.74) is 0.504. The Morgan fingerprint density at radius 2 is 1.85 bits per heavy atom. The summed E-state index contributed by atoms with van der Waals surface area (Å²) in [5, 5.41) is 3.67. The van der Waals surface area contributed by atoms with Crippen LogP contribution in [0.25, 0.3) is 0 Å². The molecular formula is C15H13Cl2NO2. The second-order valence-corrected chi connectivity index (χ2v) is 4.93. The second kappa shape index (κ2) is 7.17. The molecule has 3 nitrogen and oxygen atoms in total. The van der Waals surface area contributed by atoms with Crippen molar-refractivity contribution >= 4 is 34.8 Å². The standard InChI is InChI=1S/C15H13Cl2NO2/c16-11-6-7-13(17)14(10-11)18-15(19)8-9-20-12-4-2-1-3-5-12/h1-7,10H,8-9H2,(H,18,19). The van der Waals surface area contributed by atoms with Crippen LogP contribution in [0.1, 0.15) is 6.42 Å². The van der Waals surface area contributed by atoms with Crippen molar-refractivity contribution in [2.75, 3.05) is 11.9 Å². The van der Waals surface area contributed by atoms with E-state index >= 15 is 0 Å². The summed E-state index contributed by atoms with van der Waals surface area (Å²) >= 11 is 11.8. The fourth-order valence-electron chi connectivity index (χ4n) is 1.58. The minimum Gasteiger partial charge on any atom is -0.493 e. The number of nitrogens with one attached hydrogen (secondary N) is 1. The van der Waals surface area contributed by atoms with Crippen LogP contribution in [0.5, 0.6) is 5.75 Å². The molecule has 2 rings (SSSR count). The Hall–Kier alpha value is -1.71. The van der Waals surface area contributed by atoms with E-state index in [-0.39, 0.29) is 12.3 Å². The van der Waals surface area contributed by atoms with E-state index in [2.05, 4.69) is 5.32 Å². The van der Waals surface area contributed by atoms with Gasteiger partial charge in [-0.3, -0.25) is 4.79 Å². The zero-order chi connectivity index (χ0) is 14.4. The van der Waals surface area contributed by atoms with Crippen LogP contribution >= 0.6 is 23.2 Å². The first-order valence-corrected chi connectivity index (χ1v) is 6.83. The highest BCUT2D eigenvalue weighted by Crippen LogP contribution is 2.25. The van der Waals surface area contributed by atoms with E-state index in [4.69, 9.17) is 27.9 Å². The lowest BCUT2D eigenvalue weighted by Gasteiger charge is -2.08. The topological polar surface area (TPSA) is 38.3 Å². The molecular weight excluding hydrogens is 297 g/mol. The summed E-state index contributed by atoms with van der Waals surface area (Å²) in [6.45, 7) is 0.300. The average molecular weight is 310 g/mol. The molecule has 0 spiro atoms. The molecule has 0 heterocycles. The molecule has 5 heteroatoms. The van der Waals surface area contributed by atoms with E-state index in [1.807, 2.05) is 30.3 Å². The van der Waals surface area contributed by atoms with Crippen LogP contribution in [0.4, 0.5) is 5.69 Å². The van der Waals surface area contributed by atoms with Gasteiger partial charge in [0.05, 0.1) is 23.7 Å². The average Bonchev–Trinajstić information content (AvgIpc) is 2.44. The summed E-state index contributed by atoms with van der Waals surface area (Å²) in [6, 6.07) is 14.2. The van der Waals surface area contributed by atoms with E-state index < -0.39 is 0 Å². The van der Waals surface area contributed by atoms with Gasteiger partial charge in [-0.25, -0.2) is 0 Å². The first-order chi connectivity index (χ1) is 9.65. The highest BCUT2D eigenvalue weighted by Gasteiger charge is 2.07. The maximum absolute atomic E-state index is 11.8. The molecule has 104 valence electrons. The number of carbonyl (C=O) groups is 1. The van der Waals surface area contributed by atoms with Gasteiger partial charge in [-0.2, -0.15) is 0 Å². The third-order valence-corrected chi connectivity index (χ3v) is 3.11. The predicted octanol–water partition coefficient (Wildman–Crippen LogP) is 4.40. The van der Waals surface area contributed by atoms with Crippen LogP contribution in [0.15, 0.2) is 48.5 Å². The number of amides is 1. The third-order valence-electron chi connectivity index (χ3n) is 2.54. The highest BCUT2D eigenvalue weighted by atomic mass is 35.5. The van der Waals surface area contributed by atoms with Gasteiger partial charge >= 0.3 is 0 Å².